The Kier molecular flexibility index (Phi) is 4.78. The maximum Gasteiger partial charge on any atom is 0.234 e. The van der Waals surface area contributed by atoms with Crippen LogP contribution in [0, 0.1) is 0 Å². The van der Waals surface area contributed by atoms with E-state index in [4.69, 9.17) is 18.9 Å². The summed E-state index contributed by atoms with van der Waals surface area (Å²) in [6.45, 7) is 4.24. The number of carbonyl (C=O) groups excluding carboxylic acids is 1. The number of nitrogens with zero attached hydrogens (tertiary/aromatic N) is 1. The zero-order chi connectivity index (χ0) is 17.1. The number of fused-ring (bicyclic) bond motifs is 1. The van der Waals surface area contributed by atoms with E-state index in [2.05, 4.69) is 10.2 Å². The summed E-state index contributed by atoms with van der Waals surface area (Å²) in [5.41, 5.74) is 0. The van der Waals surface area contributed by atoms with Crippen molar-refractivity contribution in [3.8, 4) is 11.5 Å². The molecule has 0 aliphatic carbocycles. The molecule has 2 fully saturated rings. The number of rotatable bonds is 4. The molecular weight excluding hydrogens is 324 g/mol. The second-order valence-electron chi connectivity index (χ2n) is 6.69. The summed E-state index contributed by atoms with van der Waals surface area (Å²) >= 11 is 0. The molecule has 0 radical (unpaired) electrons. The predicted octanol–water partition coefficient (Wildman–Crippen LogP) is 0.782. The number of hydrogen-bond acceptors (Lipinski definition) is 6. The summed E-state index contributed by atoms with van der Waals surface area (Å²) in [5.74, 6) is 1.09. The van der Waals surface area contributed by atoms with Gasteiger partial charge >= 0.3 is 0 Å². The lowest BCUT2D eigenvalue weighted by Gasteiger charge is -2.37. The predicted molar refractivity (Wildman–Crippen MR) is 89.7 cm³/mol. The number of carbonyl (C=O) groups is 1. The van der Waals surface area contributed by atoms with Crippen LogP contribution in [0.3, 0.4) is 0 Å². The quantitative estimate of drug-likeness (QED) is 0.867. The van der Waals surface area contributed by atoms with E-state index in [0.29, 0.717) is 32.9 Å². The lowest BCUT2D eigenvalue weighted by molar-refractivity contribution is -0.185. The maximum absolute atomic E-state index is 12.2. The molecule has 1 atom stereocenters. The van der Waals surface area contributed by atoms with Crippen molar-refractivity contribution in [3.05, 3.63) is 24.3 Å². The summed E-state index contributed by atoms with van der Waals surface area (Å²) in [5, 5.41) is 2.94. The lowest BCUT2D eigenvalue weighted by Crippen LogP contribution is -2.49. The molecular formula is C18H24N2O5. The molecule has 7 nitrogen and oxygen atoms in total. The van der Waals surface area contributed by atoms with Gasteiger partial charge in [0.1, 0.15) is 12.7 Å². The van der Waals surface area contributed by atoms with Crippen LogP contribution < -0.4 is 14.8 Å². The largest absolute Gasteiger partial charge is 0.486 e. The van der Waals surface area contributed by atoms with Gasteiger partial charge in [-0.2, -0.15) is 0 Å². The van der Waals surface area contributed by atoms with Crippen molar-refractivity contribution in [2.75, 3.05) is 46.0 Å². The first-order valence-electron chi connectivity index (χ1n) is 8.88. The van der Waals surface area contributed by atoms with Crippen molar-refractivity contribution in [1.82, 2.24) is 10.2 Å². The highest BCUT2D eigenvalue weighted by atomic mass is 16.7. The molecule has 3 heterocycles. The molecule has 3 aliphatic rings. The molecule has 4 rings (SSSR count). The summed E-state index contributed by atoms with van der Waals surface area (Å²) in [7, 11) is 0. The maximum atomic E-state index is 12.2. The molecule has 2 saturated heterocycles. The Balaban J connectivity index is 1.19. The molecule has 1 aromatic carbocycles. The first-order valence-corrected chi connectivity index (χ1v) is 8.88. The van der Waals surface area contributed by atoms with Crippen LogP contribution in [0.2, 0.25) is 0 Å². The topological polar surface area (TPSA) is 69.3 Å². The van der Waals surface area contributed by atoms with Crippen LogP contribution >= 0.6 is 0 Å². The normalized spacial score (nSPS) is 25.0. The van der Waals surface area contributed by atoms with E-state index >= 15 is 0 Å². The van der Waals surface area contributed by atoms with Crippen LogP contribution in [-0.4, -0.2) is 68.7 Å². The summed E-state index contributed by atoms with van der Waals surface area (Å²) in [6.07, 6.45) is 1.47. The van der Waals surface area contributed by atoms with Crippen molar-refractivity contribution in [3.63, 3.8) is 0 Å². The average Bonchev–Trinajstić information content (AvgIpc) is 3.10. The minimum atomic E-state index is -0.395. The van der Waals surface area contributed by atoms with Gasteiger partial charge in [0, 0.05) is 25.9 Å². The van der Waals surface area contributed by atoms with E-state index in [1.54, 1.807) is 0 Å². The molecule has 136 valence electrons. The molecule has 7 heteroatoms. The molecule has 1 spiro atoms. The Hall–Kier alpha value is -1.83. The molecule has 1 amide bonds. The lowest BCUT2D eigenvalue weighted by atomic mass is 10.0. The first-order chi connectivity index (χ1) is 12.2. The van der Waals surface area contributed by atoms with E-state index in [0.717, 1.165) is 37.4 Å². The molecule has 0 saturated carbocycles. The number of piperidine rings is 1. The van der Waals surface area contributed by atoms with Gasteiger partial charge in [-0.05, 0) is 12.1 Å². The van der Waals surface area contributed by atoms with Gasteiger partial charge in [0.25, 0.3) is 0 Å². The first kappa shape index (κ1) is 16.6. The average molecular weight is 348 g/mol. The molecule has 0 bridgehead atoms. The fourth-order valence-corrected chi connectivity index (χ4v) is 3.49. The highest BCUT2D eigenvalue weighted by Gasteiger charge is 2.39. The van der Waals surface area contributed by atoms with Gasteiger partial charge in [0.2, 0.25) is 5.91 Å². The highest BCUT2D eigenvalue weighted by Crippen LogP contribution is 2.31. The second-order valence-corrected chi connectivity index (χ2v) is 6.69. The van der Waals surface area contributed by atoms with Crippen molar-refractivity contribution >= 4 is 5.91 Å². The monoisotopic (exact) mass is 348 g/mol. The van der Waals surface area contributed by atoms with Crippen LogP contribution in [0.25, 0.3) is 0 Å². The second kappa shape index (κ2) is 7.19. The molecule has 3 aliphatic heterocycles. The number of likely N-dealkylation sites (tertiary alicyclic amines) is 1. The van der Waals surface area contributed by atoms with Crippen molar-refractivity contribution in [2.45, 2.75) is 24.7 Å². The Morgan fingerprint density at radius 2 is 1.88 bits per heavy atom. The van der Waals surface area contributed by atoms with Gasteiger partial charge in [0.05, 0.1) is 26.3 Å². The van der Waals surface area contributed by atoms with Gasteiger partial charge < -0.3 is 24.3 Å². The Morgan fingerprint density at radius 1 is 1.16 bits per heavy atom. The van der Waals surface area contributed by atoms with E-state index in [1.165, 1.54) is 0 Å². The highest BCUT2D eigenvalue weighted by molar-refractivity contribution is 5.78. The van der Waals surface area contributed by atoms with Crippen molar-refractivity contribution < 1.29 is 23.7 Å². The zero-order valence-electron chi connectivity index (χ0n) is 14.2. The Bertz CT molecular complexity index is 607. The van der Waals surface area contributed by atoms with E-state index in [9.17, 15) is 4.79 Å². The third kappa shape index (κ3) is 3.89. The third-order valence-corrected chi connectivity index (χ3v) is 4.89. The number of hydrogen-bond donors (Lipinski definition) is 1. The minimum absolute atomic E-state index is 0.00617. The Morgan fingerprint density at radius 3 is 2.64 bits per heavy atom. The zero-order valence-corrected chi connectivity index (χ0v) is 14.2. The molecule has 0 aromatic heterocycles. The summed E-state index contributed by atoms with van der Waals surface area (Å²) < 4.78 is 22.9. The molecule has 1 aromatic rings. The fourth-order valence-electron chi connectivity index (χ4n) is 3.49. The number of para-hydroxylation sites is 2. The molecule has 1 unspecified atom stereocenters. The van der Waals surface area contributed by atoms with Crippen molar-refractivity contribution in [1.29, 1.82) is 0 Å². The van der Waals surface area contributed by atoms with E-state index in [-0.39, 0.29) is 12.0 Å². The van der Waals surface area contributed by atoms with Crippen molar-refractivity contribution in [2.24, 2.45) is 0 Å². The van der Waals surface area contributed by atoms with Gasteiger partial charge in [-0.25, -0.2) is 0 Å². The smallest absolute Gasteiger partial charge is 0.234 e. The number of amides is 1. The summed E-state index contributed by atoms with van der Waals surface area (Å²) in [6, 6.07) is 7.57. The standard InChI is InChI=1S/C18H24N2O5/c21-17(12-20-7-5-18(6-8-20)23-9-10-24-18)19-11-14-13-22-15-3-1-2-4-16(15)25-14/h1-4,14H,5-13H2,(H,19,21). The summed E-state index contributed by atoms with van der Waals surface area (Å²) in [4.78, 5) is 14.3. The van der Waals surface area contributed by atoms with Crippen LogP contribution in [0.4, 0.5) is 0 Å². The van der Waals surface area contributed by atoms with Gasteiger partial charge in [-0.1, -0.05) is 12.1 Å². The minimum Gasteiger partial charge on any atom is -0.486 e. The number of ether oxygens (including phenoxy) is 4. The van der Waals surface area contributed by atoms with Gasteiger partial charge in [0.15, 0.2) is 17.3 Å². The third-order valence-electron chi connectivity index (χ3n) is 4.89. The SMILES string of the molecule is O=C(CN1CCC2(CC1)OCCO2)NCC1COc2ccccc2O1. The van der Waals surface area contributed by atoms with Crippen LogP contribution in [-0.2, 0) is 14.3 Å². The Labute approximate surface area is 147 Å². The van der Waals surface area contributed by atoms with Crippen LogP contribution in [0.5, 0.6) is 11.5 Å². The number of benzene rings is 1. The molecule has 1 N–H and O–H groups in total. The van der Waals surface area contributed by atoms with Gasteiger partial charge in [-0.3, -0.25) is 9.69 Å². The van der Waals surface area contributed by atoms with Gasteiger partial charge in [-0.15, -0.1) is 0 Å². The molecule has 25 heavy (non-hydrogen) atoms. The van der Waals surface area contributed by atoms with Crippen LogP contribution in [0.15, 0.2) is 24.3 Å². The number of nitrogens with one attached hydrogen (secondary N) is 1. The van der Waals surface area contributed by atoms with E-state index < -0.39 is 5.79 Å². The van der Waals surface area contributed by atoms with Crippen LogP contribution in [0.1, 0.15) is 12.8 Å². The van der Waals surface area contributed by atoms with E-state index in [1.807, 2.05) is 24.3 Å². The fraction of sp³-hybridized carbons (Fsp3) is 0.611.